The number of benzene rings is 1. The lowest BCUT2D eigenvalue weighted by atomic mass is 10.2. The zero-order valence-corrected chi connectivity index (χ0v) is 8.27. The molecule has 0 aliphatic rings. The Labute approximate surface area is 83.1 Å². The van der Waals surface area contributed by atoms with E-state index in [2.05, 4.69) is 22.9 Å². The van der Waals surface area contributed by atoms with E-state index in [0.717, 1.165) is 5.69 Å². The van der Waals surface area contributed by atoms with Gasteiger partial charge >= 0.3 is 0 Å². The number of rotatable bonds is 3. The summed E-state index contributed by atoms with van der Waals surface area (Å²) < 4.78 is 2.68. The fourth-order valence-electron chi connectivity index (χ4n) is 0.993. The molecule has 4 heteroatoms. The SMILES string of the molecule is CCNC(=O)c1cccc(NS)c1. The smallest absolute Gasteiger partial charge is 0.251 e. The standard InChI is InChI=1S/C9H12N2OS/c1-2-10-9(12)7-4-3-5-8(6-7)11-13/h3-6,11,13H,2H2,1H3,(H,10,12). The van der Waals surface area contributed by atoms with Crippen LogP contribution in [-0.2, 0) is 0 Å². The van der Waals surface area contributed by atoms with Crippen LogP contribution >= 0.6 is 12.8 Å². The number of carbonyl (C=O) groups excluding carboxylic acids is 1. The second-order valence-electron chi connectivity index (χ2n) is 2.55. The first-order valence-corrected chi connectivity index (χ1v) is 4.51. The summed E-state index contributed by atoms with van der Waals surface area (Å²) in [6, 6.07) is 7.16. The molecule has 13 heavy (non-hydrogen) atoms. The van der Waals surface area contributed by atoms with E-state index >= 15 is 0 Å². The first-order chi connectivity index (χ1) is 6.27. The van der Waals surface area contributed by atoms with Crippen molar-refractivity contribution in [1.82, 2.24) is 5.32 Å². The van der Waals surface area contributed by atoms with Gasteiger partial charge in [-0.2, -0.15) is 0 Å². The molecule has 1 aromatic carbocycles. The van der Waals surface area contributed by atoms with Crippen LogP contribution in [0.3, 0.4) is 0 Å². The van der Waals surface area contributed by atoms with Crippen molar-refractivity contribution in [1.29, 1.82) is 0 Å². The van der Waals surface area contributed by atoms with E-state index in [1.807, 2.05) is 19.1 Å². The van der Waals surface area contributed by atoms with Crippen molar-refractivity contribution in [2.45, 2.75) is 6.92 Å². The second-order valence-corrected chi connectivity index (χ2v) is 2.78. The minimum absolute atomic E-state index is 0.0621. The zero-order chi connectivity index (χ0) is 9.68. The summed E-state index contributed by atoms with van der Waals surface area (Å²) in [6.45, 7) is 2.52. The molecule has 0 bridgehead atoms. The van der Waals surface area contributed by atoms with Gasteiger partial charge in [-0.25, -0.2) is 0 Å². The number of hydrogen-bond acceptors (Lipinski definition) is 3. The van der Waals surface area contributed by atoms with E-state index < -0.39 is 0 Å². The van der Waals surface area contributed by atoms with Crippen LogP contribution in [0.4, 0.5) is 5.69 Å². The fourth-order valence-corrected chi connectivity index (χ4v) is 1.13. The molecule has 2 N–H and O–H groups in total. The molecule has 0 aliphatic heterocycles. The van der Waals surface area contributed by atoms with Gasteiger partial charge < -0.3 is 10.0 Å². The van der Waals surface area contributed by atoms with E-state index in [-0.39, 0.29) is 5.91 Å². The quantitative estimate of drug-likeness (QED) is 0.644. The molecule has 0 atom stereocenters. The highest BCUT2D eigenvalue weighted by Gasteiger charge is 2.03. The van der Waals surface area contributed by atoms with Gasteiger partial charge in [0, 0.05) is 17.8 Å². The van der Waals surface area contributed by atoms with Gasteiger partial charge in [-0.1, -0.05) is 18.9 Å². The van der Waals surface area contributed by atoms with Crippen LogP contribution in [-0.4, -0.2) is 12.5 Å². The first-order valence-electron chi connectivity index (χ1n) is 4.06. The molecule has 1 rings (SSSR count). The molecule has 0 radical (unpaired) electrons. The maximum atomic E-state index is 11.3. The van der Waals surface area contributed by atoms with Crippen molar-refractivity contribution in [3.63, 3.8) is 0 Å². The number of carbonyl (C=O) groups is 1. The molecule has 0 saturated carbocycles. The summed E-state index contributed by atoms with van der Waals surface area (Å²) in [4.78, 5) is 11.3. The third-order valence-electron chi connectivity index (χ3n) is 1.59. The molecule has 0 saturated heterocycles. The van der Waals surface area contributed by atoms with Crippen LogP contribution in [0.25, 0.3) is 0 Å². The minimum Gasteiger partial charge on any atom is -0.352 e. The maximum absolute atomic E-state index is 11.3. The molecule has 0 unspecified atom stereocenters. The van der Waals surface area contributed by atoms with Gasteiger partial charge in [0.2, 0.25) is 0 Å². The van der Waals surface area contributed by atoms with Crippen molar-refractivity contribution in [2.75, 3.05) is 11.3 Å². The third kappa shape index (κ3) is 2.66. The van der Waals surface area contributed by atoms with E-state index in [1.54, 1.807) is 12.1 Å². The Balaban J connectivity index is 2.82. The van der Waals surface area contributed by atoms with Crippen LogP contribution in [0.5, 0.6) is 0 Å². The van der Waals surface area contributed by atoms with Gasteiger partial charge in [-0.05, 0) is 25.1 Å². The number of hydrogen-bond donors (Lipinski definition) is 3. The topological polar surface area (TPSA) is 41.1 Å². The summed E-state index contributed by atoms with van der Waals surface area (Å²) in [6.07, 6.45) is 0. The largest absolute Gasteiger partial charge is 0.352 e. The van der Waals surface area contributed by atoms with E-state index in [0.29, 0.717) is 12.1 Å². The minimum atomic E-state index is -0.0621. The summed E-state index contributed by atoms with van der Waals surface area (Å²) in [7, 11) is 0. The number of thiol groups is 1. The summed E-state index contributed by atoms with van der Waals surface area (Å²) in [5.41, 5.74) is 1.45. The monoisotopic (exact) mass is 196 g/mol. The van der Waals surface area contributed by atoms with Crippen molar-refractivity contribution in [3.05, 3.63) is 29.8 Å². The second kappa shape index (κ2) is 4.77. The van der Waals surface area contributed by atoms with Gasteiger partial charge in [0.1, 0.15) is 0 Å². The highest BCUT2D eigenvalue weighted by Crippen LogP contribution is 2.10. The lowest BCUT2D eigenvalue weighted by Gasteiger charge is -2.03. The molecule has 0 fully saturated rings. The Morgan fingerprint density at radius 2 is 2.31 bits per heavy atom. The molecule has 3 nitrogen and oxygen atoms in total. The van der Waals surface area contributed by atoms with Crippen molar-refractivity contribution in [3.8, 4) is 0 Å². The Hall–Kier alpha value is -1.16. The van der Waals surface area contributed by atoms with Gasteiger partial charge in [0.25, 0.3) is 5.91 Å². The van der Waals surface area contributed by atoms with Gasteiger partial charge in [-0.15, -0.1) is 0 Å². The molecular formula is C9H12N2OS. The van der Waals surface area contributed by atoms with Gasteiger partial charge in [-0.3, -0.25) is 4.79 Å². The first kappa shape index (κ1) is 9.92. The molecule has 0 heterocycles. The third-order valence-corrected chi connectivity index (χ3v) is 1.85. The van der Waals surface area contributed by atoms with E-state index in [9.17, 15) is 4.79 Å². The number of amides is 1. The normalized spacial score (nSPS) is 9.38. The lowest BCUT2D eigenvalue weighted by Crippen LogP contribution is -2.22. The number of anilines is 1. The molecule has 0 spiro atoms. The summed E-state index contributed by atoms with van der Waals surface area (Å²) >= 11 is 3.90. The van der Waals surface area contributed by atoms with Crippen molar-refractivity contribution in [2.24, 2.45) is 0 Å². The summed E-state index contributed by atoms with van der Waals surface area (Å²) in [5.74, 6) is -0.0621. The van der Waals surface area contributed by atoms with E-state index in [4.69, 9.17) is 0 Å². The van der Waals surface area contributed by atoms with Gasteiger partial charge in [0.05, 0.1) is 0 Å². The molecule has 1 amide bonds. The molecule has 0 aromatic heterocycles. The highest BCUT2D eigenvalue weighted by molar-refractivity contribution is 7.81. The predicted molar refractivity (Wildman–Crippen MR) is 57.1 cm³/mol. The molecule has 70 valence electrons. The average Bonchev–Trinajstić information content (AvgIpc) is 2.18. The highest BCUT2D eigenvalue weighted by atomic mass is 32.1. The Morgan fingerprint density at radius 1 is 1.54 bits per heavy atom. The van der Waals surface area contributed by atoms with Crippen LogP contribution in [0.1, 0.15) is 17.3 Å². The zero-order valence-electron chi connectivity index (χ0n) is 7.37. The van der Waals surface area contributed by atoms with Crippen LogP contribution < -0.4 is 10.0 Å². The lowest BCUT2D eigenvalue weighted by molar-refractivity contribution is 0.0956. The molecular weight excluding hydrogens is 184 g/mol. The average molecular weight is 196 g/mol. The maximum Gasteiger partial charge on any atom is 0.251 e. The summed E-state index contributed by atoms with van der Waals surface area (Å²) in [5, 5.41) is 2.72. The molecule has 0 aliphatic carbocycles. The predicted octanol–water partition coefficient (Wildman–Crippen LogP) is 1.69. The molecule has 1 aromatic rings. The van der Waals surface area contributed by atoms with Crippen LogP contribution in [0.15, 0.2) is 24.3 Å². The van der Waals surface area contributed by atoms with Crippen LogP contribution in [0, 0.1) is 0 Å². The Bertz CT molecular complexity index is 301. The number of nitrogens with one attached hydrogen (secondary N) is 2. The van der Waals surface area contributed by atoms with E-state index in [1.165, 1.54) is 0 Å². The Morgan fingerprint density at radius 3 is 2.92 bits per heavy atom. The fraction of sp³-hybridized carbons (Fsp3) is 0.222. The van der Waals surface area contributed by atoms with Crippen molar-refractivity contribution >= 4 is 24.4 Å². The van der Waals surface area contributed by atoms with Crippen molar-refractivity contribution < 1.29 is 4.79 Å². The van der Waals surface area contributed by atoms with Gasteiger partial charge in [0.15, 0.2) is 0 Å². The van der Waals surface area contributed by atoms with Crippen LogP contribution in [0.2, 0.25) is 0 Å². The Kier molecular flexibility index (Phi) is 3.64.